The molecule has 2 N–H and O–H groups in total. The van der Waals surface area contributed by atoms with Crippen molar-refractivity contribution in [3.63, 3.8) is 0 Å². The summed E-state index contributed by atoms with van der Waals surface area (Å²) >= 11 is 6.93. The maximum absolute atomic E-state index is 12.5. The van der Waals surface area contributed by atoms with Crippen molar-refractivity contribution in [3.05, 3.63) is 91.3 Å². The van der Waals surface area contributed by atoms with Gasteiger partial charge in [-0.05, 0) is 95.0 Å². The second-order valence-electron chi connectivity index (χ2n) is 6.84. The molecule has 0 bridgehead atoms. The highest BCUT2D eigenvalue weighted by Crippen LogP contribution is 2.32. The second kappa shape index (κ2) is 11.0. The van der Waals surface area contributed by atoms with E-state index in [0.29, 0.717) is 27.1 Å². The summed E-state index contributed by atoms with van der Waals surface area (Å²) in [6, 6.07) is 22.3. The summed E-state index contributed by atoms with van der Waals surface area (Å²) in [5, 5.41) is 6.08. The number of nitrogens with zero attached hydrogens (tertiary/aromatic N) is 1. The summed E-state index contributed by atoms with van der Waals surface area (Å²) in [4.78, 5) is 29.7. The van der Waals surface area contributed by atoms with Crippen LogP contribution in [0, 0.1) is 3.57 Å². The van der Waals surface area contributed by atoms with E-state index in [1.807, 2.05) is 54.6 Å². The van der Waals surface area contributed by atoms with Crippen LogP contribution >= 0.6 is 50.3 Å². The quantitative estimate of drug-likeness (QED) is 0.259. The summed E-state index contributed by atoms with van der Waals surface area (Å²) in [7, 11) is 0. The van der Waals surface area contributed by atoms with Gasteiger partial charge in [0.05, 0.1) is 10.6 Å². The smallest absolute Gasteiger partial charge is 0.264 e. The first-order valence-corrected chi connectivity index (χ1v) is 12.5. The molecule has 0 aliphatic carbocycles. The average molecular weight is 634 g/mol. The molecule has 2 amide bonds. The number of para-hydroxylation sites is 1. The Morgan fingerprint density at radius 2 is 1.88 bits per heavy atom. The number of aliphatic imine (C=N–C) groups is 1. The van der Waals surface area contributed by atoms with Crippen molar-refractivity contribution in [2.45, 2.75) is 0 Å². The Morgan fingerprint density at radius 3 is 2.64 bits per heavy atom. The molecule has 1 heterocycles. The van der Waals surface area contributed by atoms with Gasteiger partial charge in [-0.3, -0.25) is 9.59 Å². The van der Waals surface area contributed by atoms with Crippen LogP contribution in [-0.4, -0.2) is 23.6 Å². The Bertz CT molecular complexity index is 1250. The van der Waals surface area contributed by atoms with Crippen LogP contribution in [0.1, 0.15) is 5.56 Å². The molecular formula is C24H17BrIN3O3S. The molecule has 0 atom stereocenters. The van der Waals surface area contributed by atoms with Gasteiger partial charge in [0.2, 0.25) is 0 Å². The first-order chi connectivity index (χ1) is 16.0. The number of nitrogens with one attached hydrogen (secondary N) is 2. The molecule has 0 spiro atoms. The zero-order valence-electron chi connectivity index (χ0n) is 17.0. The number of rotatable bonds is 6. The number of ether oxygens (including phenoxy) is 1. The Balaban J connectivity index is 1.48. The molecule has 3 aromatic carbocycles. The first kappa shape index (κ1) is 23.5. The van der Waals surface area contributed by atoms with Gasteiger partial charge in [0.25, 0.3) is 11.8 Å². The van der Waals surface area contributed by atoms with Crippen molar-refractivity contribution in [2.24, 2.45) is 4.99 Å². The average Bonchev–Trinajstić information content (AvgIpc) is 3.14. The molecule has 0 aromatic heterocycles. The molecule has 6 nitrogen and oxygen atoms in total. The van der Waals surface area contributed by atoms with Crippen molar-refractivity contribution < 1.29 is 14.3 Å². The molecule has 3 aromatic rings. The lowest BCUT2D eigenvalue weighted by atomic mass is 10.2. The van der Waals surface area contributed by atoms with Crippen LogP contribution in [-0.2, 0) is 9.59 Å². The van der Waals surface area contributed by atoms with Crippen molar-refractivity contribution in [1.82, 2.24) is 5.32 Å². The topological polar surface area (TPSA) is 79.8 Å². The minimum absolute atomic E-state index is 0.161. The van der Waals surface area contributed by atoms with Crippen molar-refractivity contribution in [2.75, 3.05) is 11.9 Å². The molecule has 166 valence electrons. The van der Waals surface area contributed by atoms with Crippen LogP contribution in [0.2, 0.25) is 0 Å². The van der Waals surface area contributed by atoms with Gasteiger partial charge in [0, 0.05) is 19.3 Å². The minimum Gasteiger partial charge on any atom is -0.483 e. The van der Waals surface area contributed by atoms with Crippen molar-refractivity contribution in [3.8, 4) is 5.75 Å². The summed E-state index contributed by atoms with van der Waals surface area (Å²) in [6.45, 7) is -0.161. The van der Waals surface area contributed by atoms with E-state index in [4.69, 9.17) is 4.74 Å². The summed E-state index contributed by atoms with van der Waals surface area (Å²) in [6.07, 6.45) is 1.73. The predicted octanol–water partition coefficient (Wildman–Crippen LogP) is 5.96. The molecule has 4 rings (SSSR count). The largest absolute Gasteiger partial charge is 0.483 e. The van der Waals surface area contributed by atoms with Crippen molar-refractivity contribution in [1.29, 1.82) is 0 Å². The van der Waals surface area contributed by atoms with E-state index in [1.165, 1.54) is 11.8 Å². The van der Waals surface area contributed by atoms with Crippen LogP contribution in [0.15, 0.2) is 87.2 Å². The monoisotopic (exact) mass is 633 g/mol. The van der Waals surface area contributed by atoms with Gasteiger partial charge in [0.1, 0.15) is 5.75 Å². The van der Waals surface area contributed by atoms with E-state index >= 15 is 0 Å². The standard InChI is InChI=1S/C24H17BrIN3O3S/c25-16-6-11-20(32-14-22(30)27-18-4-2-1-3-5-18)15(12-16)13-21-23(31)29-24(33-21)28-19-9-7-17(26)8-10-19/h1-13H,14H2,(H,27,30)(H,28,29,31)/b21-13+. The first-order valence-electron chi connectivity index (χ1n) is 9.79. The molecule has 33 heavy (non-hydrogen) atoms. The van der Waals surface area contributed by atoms with Gasteiger partial charge in [-0.2, -0.15) is 0 Å². The highest BCUT2D eigenvalue weighted by molar-refractivity contribution is 14.1. The molecule has 1 aliphatic heterocycles. The molecule has 1 fully saturated rings. The number of hydrogen-bond donors (Lipinski definition) is 2. The van der Waals surface area contributed by atoms with E-state index in [1.54, 1.807) is 24.3 Å². The molecular weight excluding hydrogens is 617 g/mol. The highest BCUT2D eigenvalue weighted by Gasteiger charge is 2.24. The van der Waals surface area contributed by atoms with E-state index < -0.39 is 0 Å². The lowest BCUT2D eigenvalue weighted by Crippen LogP contribution is -2.20. The van der Waals surface area contributed by atoms with Gasteiger partial charge in [-0.15, -0.1) is 0 Å². The summed E-state index contributed by atoms with van der Waals surface area (Å²) in [5.41, 5.74) is 2.13. The number of amides is 2. The maximum atomic E-state index is 12.5. The van der Waals surface area contributed by atoms with Crippen LogP contribution < -0.4 is 15.4 Å². The fraction of sp³-hybridized carbons (Fsp3) is 0.0417. The molecule has 1 aliphatic rings. The number of benzene rings is 3. The SMILES string of the molecule is O=C(COc1ccc(Br)cc1/C=C1/SC(=Nc2ccc(I)cc2)NC1=O)Nc1ccccc1. The predicted molar refractivity (Wildman–Crippen MR) is 145 cm³/mol. The van der Waals surface area contributed by atoms with Gasteiger partial charge in [-0.1, -0.05) is 34.1 Å². The second-order valence-corrected chi connectivity index (χ2v) is 10.0. The highest BCUT2D eigenvalue weighted by atomic mass is 127. The molecule has 1 saturated heterocycles. The van der Waals surface area contributed by atoms with Crippen molar-refractivity contribution >= 4 is 84.7 Å². The lowest BCUT2D eigenvalue weighted by molar-refractivity contribution is -0.118. The normalized spacial score (nSPS) is 15.5. The number of thioether (sulfide) groups is 1. The summed E-state index contributed by atoms with van der Waals surface area (Å²) in [5.74, 6) is -0.0232. The third-order valence-electron chi connectivity index (χ3n) is 4.38. The van der Waals surface area contributed by atoms with Crippen LogP contribution in [0.4, 0.5) is 11.4 Å². The maximum Gasteiger partial charge on any atom is 0.264 e. The number of carbonyl (C=O) groups excluding carboxylic acids is 2. The van der Waals surface area contributed by atoms with Crippen LogP contribution in [0.25, 0.3) is 6.08 Å². The zero-order chi connectivity index (χ0) is 23.2. The number of amidine groups is 1. The lowest BCUT2D eigenvalue weighted by Gasteiger charge is -2.10. The minimum atomic E-state index is -0.275. The fourth-order valence-corrected chi connectivity index (χ4v) is 4.45. The van der Waals surface area contributed by atoms with Crippen LogP contribution in [0.5, 0.6) is 5.75 Å². The molecule has 0 unspecified atom stereocenters. The number of hydrogen-bond acceptors (Lipinski definition) is 5. The fourth-order valence-electron chi connectivity index (χ4n) is 2.88. The third-order valence-corrected chi connectivity index (χ3v) is 6.51. The Morgan fingerprint density at radius 1 is 1.12 bits per heavy atom. The third kappa shape index (κ3) is 6.68. The van der Waals surface area contributed by atoms with Gasteiger partial charge < -0.3 is 15.4 Å². The number of anilines is 1. The molecule has 0 saturated carbocycles. The van der Waals surface area contributed by atoms with Gasteiger partial charge in [-0.25, -0.2) is 4.99 Å². The van der Waals surface area contributed by atoms with E-state index in [-0.39, 0.29) is 18.4 Å². The van der Waals surface area contributed by atoms with E-state index in [9.17, 15) is 9.59 Å². The number of carbonyl (C=O) groups is 2. The van der Waals surface area contributed by atoms with E-state index in [2.05, 4.69) is 54.1 Å². The summed E-state index contributed by atoms with van der Waals surface area (Å²) < 4.78 is 7.69. The van der Waals surface area contributed by atoms with Gasteiger partial charge in [0.15, 0.2) is 11.8 Å². The Labute approximate surface area is 217 Å². The number of halogens is 2. The Kier molecular flexibility index (Phi) is 7.84. The van der Waals surface area contributed by atoms with Gasteiger partial charge >= 0.3 is 0 Å². The zero-order valence-corrected chi connectivity index (χ0v) is 21.6. The van der Waals surface area contributed by atoms with Crippen LogP contribution in [0.3, 0.4) is 0 Å². The van der Waals surface area contributed by atoms with E-state index in [0.717, 1.165) is 13.7 Å². The molecule has 9 heteroatoms. The molecule has 0 radical (unpaired) electrons. The Hall–Kier alpha value is -2.63.